The third-order valence-electron chi connectivity index (χ3n) is 5.66. The van der Waals surface area contributed by atoms with Gasteiger partial charge in [-0.2, -0.15) is 0 Å². The molecule has 0 heterocycles. The number of rotatable bonds is 17. The fourth-order valence-electron chi connectivity index (χ4n) is 3.73. The van der Waals surface area contributed by atoms with Crippen LogP contribution in [0.2, 0.25) is 0 Å². The van der Waals surface area contributed by atoms with Crippen LogP contribution < -0.4 is 0 Å². The van der Waals surface area contributed by atoms with Crippen molar-refractivity contribution in [2.45, 2.75) is 122 Å². The normalized spacial score (nSPS) is 12.1. The second-order valence-corrected chi connectivity index (χ2v) is 12.3. The maximum absolute atomic E-state index is 11.1. The summed E-state index contributed by atoms with van der Waals surface area (Å²) in [4.78, 5) is 0. The molecule has 0 aliphatic heterocycles. The van der Waals surface area contributed by atoms with E-state index in [1.807, 2.05) is 23.5 Å². The zero-order valence-corrected chi connectivity index (χ0v) is 22.1. The Kier molecular flexibility index (Phi) is 15.1. The highest BCUT2D eigenvalue weighted by Crippen LogP contribution is 2.46. The predicted octanol–water partition coefficient (Wildman–Crippen LogP) is 9.88. The first-order valence-corrected chi connectivity index (χ1v) is 14.6. The molecular formula is C27H48OS2. The molecule has 1 rings (SSSR count). The van der Waals surface area contributed by atoms with Crippen molar-refractivity contribution >= 4 is 23.5 Å². The number of para-hydroxylation sites is 1. The minimum atomic E-state index is -0.0292. The highest BCUT2D eigenvalue weighted by Gasteiger charge is 2.23. The SMILES string of the molecule is CCCCCCCCSC(SCCCCCCCC)c1cccc(C(C)(C)C)c1O. The van der Waals surface area contributed by atoms with Crippen molar-refractivity contribution in [2.24, 2.45) is 0 Å². The van der Waals surface area contributed by atoms with Crippen LogP contribution in [0.4, 0.5) is 0 Å². The first-order valence-electron chi connectivity index (χ1n) is 12.5. The predicted molar refractivity (Wildman–Crippen MR) is 141 cm³/mol. The van der Waals surface area contributed by atoms with Gasteiger partial charge in [-0.15, -0.1) is 23.5 Å². The molecule has 0 saturated heterocycles. The molecule has 1 aromatic rings. The Labute approximate surface area is 196 Å². The summed E-state index contributed by atoms with van der Waals surface area (Å²) in [5.41, 5.74) is 2.18. The number of unbranched alkanes of at least 4 members (excludes halogenated alkanes) is 10. The highest BCUT2D eigenvalue weighted by atomic mass is 32.2. The summed E-state index contributed by atoms with van der Waals surface area (Å²) in [6.07, 6.45) is 16.1. The Hall–Kier alpha value is -0.280. The van der Waals surface area contributed by atoms with Crippen molar-refractivity contribution in [1.82, 2.24) is 0 Å². The van der Waals surface area contributed by atoms with E-state index in [2.05, 4.69) is 52.8 Å². The summed E-state index contributed by atoms with van der Waals surface area (Å²) in [6, 6.07) is 6.38. The molecule has 0 spiro atoms. The van der Waals surface area contributed by atoms with E-state index >= 15 is 0 Å². The third-order valence-corrected chi connectivity index (χ3v) is 8.64. The van der Waals surface area contributed by atoms with Crippen LogP contribution in [-0.2, 0) is 5.41 Å². The van der Waals surface area contributed by atoms with Crippen molar-refractivity contribution in [3.8, 4) is 5.75 Å². The molecule has 30 heavy (non-hydrogen) atoms. The average Bonchev–Trinajstić information content (AvgIpc) is 2.70. The van der Waals surface area contributed by atoms with Gasteiger partial charge in [0, 0.05) is 5.56 Å². The van der Waals surface area contributed by atoms with Crippen molar-refractivity contribution in [1.29, 1.82) is 0 Å². The van der Waals surface area contributed by atoms with Gasteiger partial charge in [-0.25, -0.2) is 0 Å². The Morgan fingerprint density at radius 3 is 1.67 bits per heavy atom. The standard InChI is InChI=1S/C27H48OS2/c1-6-8-10-12-14-16-21-29-26(30-22-17-15-13-11-9-7-2)23-19-18-20-24(25(23)28)27(3,4)5/h18-20,26,28H,6-17,21-22H2,1-5H3. The molecule has 0 unspecified atom stereocenters. The molecule has 0 bridgehead atoms. The summed E-state index contributed by atoms with van der Waals surface area (Å²) >= 11 is 4.09. The van der Waals surface area contributed by atoms with E-state index in [0.29, 0.717) is 10.3 Å². The quantitative estimate of drug-likeness (QED) is 0.187. The fraction of sp³-hybridized carbons (Fsp3) is 0.778. The Bertz CT molecular complexity index is 532. The maximum Gasteiger partial charge on any atom is 0.124 e. The molecule has 1 aromatic carbocycles. The van der Waals surface area contributed by atoms with Gasteiger partial charge in [-0.3, -0.25) is 0 Å². The van der Waals surface area contributed by atoms with Crippen LogP contribution >= 0.6 is 23.5 Å². The van der Waals surface area contributed by atoms with Gasteiger partial charge in [-0.1, -0.05) is 117 Å². The Morgan fingerprint density at radius 1 is 0.733 bits per heavy atom. The topological polar surface area (TPSA) is 20.2 Å². The monoisotopic (exact) mass is 452 g/mol. The van der Waals surface area contributed by atoms with Gasteiger partial charge in [0.1, 0.15) is 5.75 Å². The number of thioether (sulfide) groups is 2. The fourth-order valence-corrected chi connectivity index (χ4v) is 6.60. The van der Waals surface area contributed by atoms with E-state index in [1.54, 1.807) is 0 Å². The lowest BCUT2D eigenvalue weighted by Crippen LogP contribution is -2.12. The molecule has 1 nitrogen and oxygen atoms in total. The zero-order valence-electron chi connectivity index (χ0n) is 20.5. The van der Waals surface area contributed by atoms with Crippen molar-refractivity contribution in [3.63, 3.8) is 0 Å². The van der Waals surface area contributed by atoms with Crippen LogP contribution in [0.25, 0.3) is 0 Å². The highest BCUT2D eigenvalue weighted by molar-refractivity contribution is 8.16. The van der Waals surface area contributed by atoms with Crippen LogP contribution in [0.1, 0.15) is 127 Å². The lowest BCUT2D eigenvalue weighted by atomic mass is 9.85. The molecule has 3 heteroatoms. The smallest absolute Gasteiger partial charge is 0.124 e. The molecule has 0 aliphatic carbocycles. The number of phenols is 1. The van der Waals surface area contributed by atoms with Crippen LogP contribution in [0.5, 0.6) is 5.75 Å². The zero-order chi connectivity index (χ0) is 22.2. The minimum absolute atomic E-state index is 0.0292. The largest absolute Gasteiger partial charge is 0.507 e. The van der Waals surface area contributed by atoms with Gasteiger partial charge >= 0.3 is 0 Å². The number of benzene rings is 1. The van der Waals surface area contributed by atoms with Gasteiger partial charge < -0.3 is 5.11 Å². The van der Waals surface area contributed by atoms with E-state index in [4.69, 9.17) is 0 Å². The average molecular weight is 453 g/mol. The molecular weight excluding hydrogens is 404 g/mol. The first-order chi connectivity index (χ1) is 14.4. The van der Waals surface area contributed by atoms with Gasteiger partial charge in [0.05, 0.1) is 4.58 Å². The van der Waals surface area contributed by atoms with Gasteiger partial charge in [0.2, 0.25) is 0 Å². The summed E-state index contributed by atoms with van der Waals surface area (Å²) in [5, 5.41) is 11.1. The maximum atomic E-state index is 11.1. The van der Waals surface area contributed by atoms with E-state index in [-0.39, 0.29) is 5.41 Å². The van der Waals surface area contributed by atoms with E-state index < -0.39 is 0 Å². The van der Waals surface area contributed by atoms with Crippen LogP contribution in [0.3, 0.4) is 0 Å². The second-order valence-electron chi connectivity index (χ2n) is 9.60. The molecule has 0 aromatic heterocycles. The third kappa shape index (κ3) is 11.4. The molecule has 0 radical (unpaired) electrons. The van der Waals surface area contributed by atoms with Crippen molar-refractivity contribution in [2.75, 3.05) is 11.5 Å². The van der Waals surface area contributed by atoms with E-state index in [1.165, 1.54) is 88.6 Å². The lowest BCUT2D eigenvalue weighted by molar-refractivity contribution is 0.442. The summed E-state index contributed by atoms with van der Waals surface area (Å²) in [7, 11) is 0. The Balaban J connectivity index is 2.64. The summed E-state index contributed by atoms with van der Waals surface area (Å²) in [5.74, 6) is 2.92. The summed E-state index contributed by atoms with van der Waals surface area (Å²) in [6.45, 7) is 11.1. The lowest BCUT2D eigenvalue weighted by Gasteiger charge is -2.25. The van der Waals surface area contributed by atoms with Crippen molar-refractivity contribution < 1.29 is 5.11 Å². The molecule has 0 atom stereocenters. The molecule has 174 valence electrons. The minimum Gasteiger partial charge on any atom is -0.507 e. The number of hydrogen-bond acceptors (Lipinski definition) is 3. The second kappa shape index (κ2) is 16.4. The number of aromatic hydroxyl groups is 1. The van der Waals surface area contributed by atoms with E-state index in [9.17, 15) is 5.11 Å². The van der Waals surface area contributed by atoms with Gasteiger partial charge in [0.25, 0.3) is 0 Å². The van der Waals surface area contributed by atoms with Gasteiger partial charge in [0.15, 0.2) is 0 Å². The first kappa shape index (κ1) is 27.8. The Morgan fingerprint density at radius 2 is 1.20 bits per heavy atom. The number of phenolic OH excluding ortho intramolecular Hbond substituents is 1. The molecule has 0 amide bonds. The molecule has 0 aliphatic rings. The van der Waals surface area contributed by atoms with E-state index in [0.717, 1.165) is 11.1 Å². The number of hydrogen-bond donors (Lipinski definition) is 1. The van der Waals surface area contributed by atoms with Crippen LogP contribution in [0.15, 0.2) is 18.2 Å². The van der Waals surface area contributed by atoms with Gasteiger partial charge in [-0.05, 0) is 35.3 Å². The summed E-state index contributed by atoms with van der Waals surface area (Å²) < 4.78 is 0.346. The van der Waals surface area contributed by atoms with Crippen LogP contribution in [-0.4, -0.2) is 16.6 Å². The van der Waals surface area contributed by atoms with Crippen molar-refractivity contribution in [3.05, 3.63) is 29.3 Å². The molecule has 0 fully saturated rings. The van der Waals surface area contributed by atoms with Crippen LogP contribution in [0, 0.1) is 0 Å². The molecule has 1 N–H and O–H groups in total. The molecule has 0 saturated carbocycles.